The largest absolute Gasteiger partial charge is 0.302 e. The Hall–Kier alpha value is -0.950. The number of hydrogen-bond donors (Lipinski definition) is 2. The van der Waals surface area contributed by atoms with Gasteiger partial charge in [0.15, 0.2) is 0 Å². The second-order valence-electron chi connectivity index (χ2n) is 4.01. The van der Waals surface area contributed by atoms with Crippen molar-refractivity contribution in [2.75, 3.05) is 0 Å². The molecule has 1 aromatic rings. The Morgan fingerprint density at radius 2 is 2.00 bits per heavy atom. The van der Waals surface area contributed by atoms with Gasteiger partial charge in [0.05, 0.1) is 6.04 Å². The van der Waals surface area contributed by atoms with Crippen LogP contribution in [0.15, 0.2) is 24.3 Å². The van der Waals surface area contributed by atoms with Crippen molar-refractivity contribution in [2.24, 2.45) is 0 Å². The summed E-state index contributed by atoms with van der Waals surface area (Å²) in [5, 5.41) is 5.49. The van der Waals surface area contributed by atoms with Gasteiger partial charge in [0.25, 0.3) is 0 Å². The molecule has 4 nitrogen and oxygen atoms in total. The molecule has 1 aliphatic rings. The molecular formula is C12H13IN2O2. The zero-order valence-corrected chi connectivity index (χ0v) is 11.4. The highest BCUT2D eigenvalue weighted by atomic mass is 127. The van der Waals surface area contributed by atoms with Crippen LogP contribution in [0.1, 0.15) is 18.4 Å². The summed E-state index contributed by atoms with van der Waals surface area (Å²) in [6.45, 7) is 0.642. The number of rotatable bonds is 3. The first-order valence-electron chi connectivity index (χ1n) is 5.46. The molecule has 0 spiro atoms. The van der Waals surface area contributed by atoms with Crippen LogP contribution in [0.4, 0.5) is 0 Å². The summed E-state index contributed by atoms with van der Waals surface area (Å²) in [6, 6.07) is 7.86. The van der Waals surface area contributed by atoms with Crippen molar-refractivity contribution >= 4 is 34.4 Å². The molecular weight excluding hydrogens is 331 g/mol. The van der Waals surface area contributed by atoms with E-state index in [2.05, 4.69) is 33.2 Å². The fourth-order valence-electron chi connectivity index (χ4n) is 1.73. The number of benzene rings is 1. The Bertz CT molecular complexity index is 431. The highest BCUT2D eigenvalue weighted by Gasteiger charge is 2.25. The molecule has 1 atom stereocenters. The summed E-state index contributed by atoms with van der Waals surface area (Å²) in [5.74, 6) is -0.394. The van der Waals surface area contributed by atoms with E-state index >= 15 is 0 Å². The van der Waals surface area contributed by atoms with Gasteiger partial charge in [0, 0.05) is 16.5 Å². The van der Waals surface area contributed by atoms with E-state index in [-0.39, 0.29) is 17.9 Å². The average molecular weight is 344 g/mol. The first-order chi connectivity index (χ1) is 8.15. The zero-order valence-electron chi connectivity index (χ0n) is 9.20. The van der Waals surface area contributed by atoms with E-state index in [4.69, 9.17) is 0 Å². The number of nitrogens with one attached hydrogen (secondary N) is 2. The van der Waals surface area contributed by atoms with Crippen LogP contribution in [0.5, 0.6) is 0 Å². The molecule has 1 heterocycles. The Morgan fingerprint density at radius 3 is 2.65 bits per heavy atom. The van der Waals surface area contributed by atoms with Gasteiger partial charge in [-0.15, -0.1) is 0 Å². The van der Waals surface area contributed by atoms with Gasteiger partial charge < -0.3 is 5.32 Å². The standard InChI is InChI=1S/C12H13IN2O2/c13-9-3-1-8(2-4-9)7-14-10-5-6-11(16)15-12(10)17/h1-4,10,14H,5-7H2,(H,15,16,17). The SMILES string of the molecule is O=C1CCC(NCc2ccc(I)cc2)C(=O)N1. The van der Waals surface area contributed by atoms with E-state index in [0.717, 1.165) is 5.56 Å². The van der Waals surface area contributed by atoms with Crippen molar-refractivity contribution in [3.8, 4) is 0 Å². The van der Waals surface area contributed by atoms with Gasteiger partial charge in [0.2, 0.25) is 11.8 Å². The summed E-state index contributed by atoms with van der Waals surface area (Å²) in [7, 11) is 0. The molecule has 1 aliphatic heterocycles. The van der Waals surface area contributed by atoms with E-state index < -0.39 is 0 Å². The van der Waals surface area contributed by atoms with Gasteiger partial charge in [-0.1, -0.05) is 12.1 Å². The lowest BCUT2D eigenvalue weighted by atomic mass is 10.1. The quantitative estimate of drug-likeness (QED) is 0.640. The van der Waals surface area contributed by atoms with Gasteiger partial charge in [-0.25, -0.2) is 0 Å². The maximum atomic E-state index is 11.5. The predicted octanol–water partition coefficient (Wildman–Crippen LogP) is 1.19. The second kappa shape index (κ2) is 5.59. The van der Waals surface area contributed by atoms with Gasteiger partial charge in [0.1, 0.15) is 0 Å². The van der Waals surface area contributed by atoms with E-state index in [0.29, 0.717) is 19.4 Å². The van der Waals surface area contributed by atoms with Crippen molar-refractivity contribution in [3.05, 3.63) is 33.4 Å². The first-order valence-corrected chi connectivity index (χ1v) is 6.54. The van der Waals surface area contributed by atoms with Gasteiger partial charge in [-0.3, -0.25) is 14.9 Å². The Morgan fingerprint density at radius 1 is 1.29 bits per heavy atom. The van der Waals surface area contributed by atoms with Crippen LogP contribution in [-0.2, 0) is 16.1 Å². The molecule has 1 saturated heterocycles. The van der Waals surface area contributed by atoms with E-state index in [9.17, 15) is 9.59 Å². The minimum atomic E-state index is -0.257. The molecule has 0 aromatic heterocycles. The van der Waals surface area contributed by atoms with Gasteiger partial charge in [-0.2, -0.15) is 0 Å². The molecule has 1 unspecified atom stereocenters. The second-order valence-corrected chi connectivity index (χ2v) is 5.26. The number of carbonyl (C=O) groups excluding carboxylic acids is 2. The van der Waals surface area contributed by atoms with E-state index in [1.54, 1.807) is 0 Å². The summed E-state index contributed by atoms with van der Waals surface area (Å²) in [6.07, 6.45) is 0.991. The maximum absolute atomic E-state index is 11.5. The number of piperidine rings is 1. The zero-order chi connectivity index (χ0) is 12.3. The van der Waals surface area contributed by atoms with Crippen molar-refractivity contribution in [1.82, 2.24) is 10.6 Å². The Kier molecular flexibility index (Phi) is 4.11. The third kappa shape index (κ3) is 3.50. The van der Waals surface area contributed by atoms with Crippen molar-refractivity contribution < 1.29 is 9.59 Å². The van der Waals surface area contributed by atoms with Crippen LogP contribution in [-0.4, -0.2) is 17.9 Å². The summed E-state index contributed by atoms with van der Waals surface area (Å²) in [5.41, 5.74) is 1.13. The van der Waals surface area contributed by atoms with E-state index in [1.807, 2.05) is 24.3 Å². The molecule has 17 heavy (non-hydrogen) atoms. The molecule has 5 heteroatoms. The molecule has 0 aliphatic carbocycles. The molecule has 1 fully saturated rings. The van der Waals surface area contributed by atoms with Crippen molar-refractivity contribution in [1.29, 1.82) is 0 Å². The lowest BCUT2D eigenvalue weighted by Crippen LogP contribution is -2.50. The average Bonchev–Trinajstić information content (AvgIpc) is 2.30. The summed E-state index contributed by atoms with van der Waals surface area (Å²) < 4.78 is 1.19. The van der Waals surface area contributed by atoms with Crippen LogP contribution >= 0.6 is 22.6 Å². The highest BCUT2D eigenvalue weighted by molar-refractivity contribution is 14.1. The normalized spacial score (nSPS) is 20.2. The summed E-state index contributed by atoms with van der Waals surface area (Å²) >= 11 is 2.25. The summed E-state index contributed by atoms with van der Waals surface area (Å²) in [4.78, 5) is 22.5. The van der Waals surface area contributed by atoms with Crippen LogP contribution in [0, 0.1) is 3.57 Å². The fraction of sp³-hybridized carbons (Fsp3) is 0.333. The van der Waals surface area contributed by atoms with Crippen LogP contribution in [0.25, 0.3) is 0 Å². The molecule has 1 aromatic carbocycles. The molecule has 0 saturated carbocycles. The smallest absolute Gasteiger partial charge is 0.243 e. The molecule has 2 amide bonds. The molecule has 2 rings (SSSR count). The molecule has 2 N–H and O–H groups in total. The van der Waals surface area contributed by atoms with Gasteiger partial charge >= 0.3 is 0 Å². The van der Waals surface area contributed by atoms with Crippen LogP contribution in [0.3, 0.4) is 0 Å². The molecule has 90 valence electrons. The van der Waals surface area contributed by atoms with Crippen LogP contribution in [0.2, 0.25) is 0 Å². The van der Waals surface area contributed by atoms with Gasteiger partial charge in [-0.05, 0) is 46.7 Å². The minimum absolute atomic E-state index is 0.178. The topological polar surface area (TPSA) is 58.2 Å². The minimum Gasteiger partial charge on any atom is -0.302 e. The predicted molar refractivity (Wildman–Crippen MR) is 72.2 cm³/mol. The van der Waals surface area contributed by atoms with Crippen molar-refractivity contribution in [2.45, 2.75) is 25.4 Å². The molecule has 0 bridgehead atoms. The Balaban J connectivity index is 1.88. The number of amides is 2. The third-order valence-corrected chi connectivity index (χ3v) is 3.42. The maximum Gasteiger partial charge on any atom is 0.243 e. The van der Waals surface area contributed by atoms with E-state index in [1.165, 1.54) is 3.57 Å². The highest BCUT2D eigenvalue weighted by Crippen LogP contribution is 2.08. The number of carbonyl (C=O) groups is 2. The Labute approximate surface area is 113 Å². The number of halogens is 1. The van der Waals surface area contributed by atoms with Crippen LogP contribution < -0.4 is 10.6 Å². The monoisotopic (exact) mass is 344 g/mol. The number of hydrogen-bond acceptors (Lipinski definition) is 3. The molecule has 0 radical (unpaired) electrons. The number of imide groups is 1. The first kappa shape index (κ1) is 12.5. The lowest BCUT2D eigenvalue weighted by molar-refractivity contribution is -0.134. The van der Waals surface area contributed by atoms with Crippen molar-refractivity contribution in [3.63, 3.8) is 0 Å². The fourth-order valence-corrected chi connectivity index (χ4v) is 2.09. The third-order valence-electron chi connectivity index (χ3n) is 2.71. The lowest BCUT2D eigenvalue weighted by Gasteiger charge is -2.21.